The standard InChI is InChI=1S/C25H20BrNO5/c1-2-30-24(28)14-16-7-12-22(20(26)13-16)31-19-10-8-18(9-11-19)27-25(29)23-15-17-5-3-4-6-21(17)32-23/h3-13,15H,2,14H2,1H3,(H,27,29). The highest BCUT2D eigenvalue weighted by atomic mass is 79.9. The first-order chi connectivity index (χ1) is 15.5. The predicted octanol–water partition coefficient (Wildman–Crippen LogP) is 6.35. The minimum absolute atomic E-state index is 0.201. The largest absolute Gasteiger partial charge is 0.466 e. The van der Waals surface area contributed by atoms with Gasteiger partial charge in [0.2, 0.25) is 0 Å². The third-order valence-electron chi connectivity index (χ3n) is 4.64. The Kier molecular flexibility index (Phi) is 6.56. The fourth-order valence-electron chi connectivity index (χ4n) is 3.14. The molecule has 1 heterocycles. The van der Waals surface area contributed by atoms with Gasteiger partial charge in [-0.15, -0.1) is 0 Å². The Morgan fingerprint density at radius 3 is 2.50 bits per heavy atom. The molecule has 0 spiro atoms. The molecule has 0 saturated heterocycles. The van der Waals surface area contributed by atoms with Gasteiger partial charge in [-0.05, 0) is 76.9 Å². The average Bonchev–Trinajstić information content (AvgIpc) is 3.22. The van der Waals surface area contributed by atoms with Crippen molar-refractivity contribution in [1.29, 1.82) is 0 Å². The molecular formula is C25H20BrNO5. The predicted molar refractivity (Wildman–Crippen MR) is 125 cm³/mol. The van der Waals surface area contributed by atoms with Crippen LogP contribution < -0.4 is 10.1 Å². The molecule has 0 saturated carbocycles. The molecule has 1 N–H and O–H groups in total. The van der Waals surface area contributed by atoms with Gasteiger partial charge >= 0.3 is 5.97 Å². The minimum atomic E-state index is -0.324. The van der Waals surface area contributed by atoms with Crippen LogP contribution in [0.1, 0.15) is 23.0 Å². The number of benzene rings is 3. The SMILES string of the molecule is CCOC(=O)Cc1ccc(Oc2ccc(NC(=O)c3cc4ccccc4o3)cc2)c(Br)c1. The molecule has 4 rings (SSSR count). The van der Waals surface area contributed by atoms with E-state index >= 15 is 0 Å². The molecule has 162 valence electrons. The van der Waals surface area contributed by atoms with Crippen molar-refractivity contribution in [3.8, 4) is 11.5 Å². The number of esters is 1. The summed E-state index contributed by atoms with van der Waals surface area (Å²) in [7, 11) is 0. The summed E-state index contributed by atoms with van der Waals surface area (Å²) in [4.78, 5) is 24.1. The Bertz CT molecular complexity index is 1230. The molecule has 0 aliphatic rings. The number of carbonyl (C=O) groups is 2. The van der Waals surface area contributed by atoms with Crippen molar-refractivity contribution in [2.45, 2.75) is 13.3 Å². The number of fused-ring (bicyclic) bond motifs is 1. The Morgan fingerprint density at radius 1 is 1.00 bits per heavy atom. The maximum atomic E-state index is 12.5. The molecule has 32 heavy (non-hydrogen) atoms. The van der Waals surface area contributed by atoms with Crippen LogP contribution in [-0.2, 0) is 16.0 Å². The summed E-state index contributed by atoms with van der Waals surface area (Å²) in [5.74, 6) is 0.865. The second kappa shape index (κ2) is 9.70. The van der Waals surface area contributed by atoms with Crippen molar-refractivity contribution in [3.05, 3.63) is 88.6 Å². The highest BCUT2D eigenvalue weighted by Gasteiger charge is 2.13. The number of carbonyl (C=O) groups excluding carboxylic acids is 2. The van der Waals surface area contributed by atoms with Crippen molar-refractivity contribution in [2.24, 2.45) is 0 Å². The smallest absolute Gasteiger partial charge is 0.310 e. The fraction of sp³-hybridized carbons (Fsp3) is 0.120. The summed E-state index contributed by atoms with van der Waals surface area (Å²) < 4.78 is 17.2. The molecule has 7 heteroatoms. The monoisotopic (exact) mass is 493 g/mol. The number of rotatable bonds is 7. The van der Waals surface area contributed by atoms with Crippen LogP contribution in [0.3, 0.4) is 0 Å². The Labute approximate surface area is 193 Å². The lowest BCUT2D eigenvalue weighted by Crippen LogP contribution is -2.10. The molecule has 0 aliphatic carbocycles. The second-order valence-corrected chi connectivity index (χ2v) is 7.83. The molecule has 6 nitrogen and oxygen atoms in total. The van der Waals surface area contributed by atoms with Crippen LogP contribution in [0.25, 0.3) is 11.0 Å². The highest BCUT2D eigenvalue weighted by molar-refractivity contribution is 9.10. The molecule has 0 aliphatic heterocycles. The Morgan fingerprint density at radius 2 is 1.78 bits per heavy atom. The molecule has 0 fully saturated rings. The number of nitrogens with one attached hydrogen (secondary N) is 1. The Hall–Kier alpha value is -3.58. The molecule has 0 atom stereocenters. The van der Waals surface area contributed by atoms with E-state index < -0.39 is 0 Å². The van der Waals surface area contributed by atoms with E-state index in [9.17, 15) is 9.59 Å². The van der Waals surface area contributed by atoms with E-state index in [0.29, 0.717) is 29.4 Å². The molecule has 1 amide bonds. The number of para-hydroxylation sites is 1. The highest BCUT2D eigenvalue weighted by Crippen LogP contribution is 2.31. The Balaban J connectivity index is 1.39. The van der Waals surface area contributed by atoms with Crippen LogP contribution in [-0.4, -0.2) is 18.5 Å². The molecule has 3 aromatic carbocycles. The average molecular weight is 494 g/mol. The number of amides is 1. The van der Waals surface area contributed by atoms with Crippen LogP contribution >= 0.6 is 15.9 Å². The zero-order valence-corrected chi connectivity index (χ0v) is 18.8. The maximum Gasteiger partial charge on any atom is 0.310 e. The van der Waals surface area contributed by atoms with Crippen LogP contribution in [0, 0.1) is 0 Å². The molecule has 0 radical (unpaired) electrons. The van der Waals surface area contributed by atoms with Crippen molar-refractivity contribution in [1.82, 2.24) is 0 Å². The van der Waals surface area contributed by atoms with Gasteiger partial charge in [0.15, 0.2) is 5.76 Å². The lowest BCUT2D eigenvalue weighted by atomic mass is 10.1. The number of halogens is 1. The first-order valence-corrected chi connectivity index (χ1v) is 10.8. The van der Waals surface area contributed by atoms with Crippen LogP contribution in [0.5, 0.6) is 11.5 Å². The van der Waals surface area contributed by atoms with Crippen LogP contribution in [0.2, 0.25) is 0 Å². The van der Waals surface area contributed by atoms with Crippen LogP contribution in [0.15, 0.2) is 81.7 Å². The number of furan rings is 1. The normalized spacial score (nSPS) is 10.7. The van der Waals surface area contributed by atoms with Crippen molar-refractivity contribution < 1.29 is 23.5 Å². The quantitative estimate of drug-likeness (QED) is 0.303. The molecule has 4 aromatic rings. The van der Waals surface area contributed by atoms with Gasteiger partial charge < -0.3 is 19.2 Å². The van der Waals surface area contributed by atoms with Gasteiger partial charge in [-0.1, -0.05) is 24.3 Å². The summed E-state index contributed by atoms with van der Waals surface area (Å²) >= 11 is 3.48. The lowest BCUT2D eigenvalue weighted by Gasteiger charge is -2.10. The number of ether oxygens (including phenoxy) is 2. The lowest BCUT2D eigenvalue weighted by molar-refractivity contribution is -0.142. The summed E-state index contributed by atoms with van der Waals surface area (Å²) in [5.41, 5.74) is 2.11. The summed E-state index contributed by atoms with van der Waals surface area (Å²) in [5, 5.41) is 3.69. The summed E-state index contributed by atoms with van der Waals surface area (Å²) in [6.45, 7) is 2.14. The van der Waals surface area contributed by atoms with E-state index in [1.54, 1.807) is 43.3 Å². The van der Waals surface area contributed by atoms with Crippen molar-refractivity contribution in [3.63, 3.8) is 0 Å². The molecule has 1 aromatic heterocycles. The zero-order valence-electron chi connectivity index (χ0n) is 17.3. The first kappa shape index (κ1) is 21.6. The van der Waals surface area contributed by atoms with Crippen molar-refractivity contribution in [2.75, 3.05) is 11.9 Å². The third kappa shape index (κ3) is 5.18. The number of anilines is 1. The van der Waals surface area contributed by atoms with Crippen molar-refractivity contribution >= 4 is 44.5 Å². The zero-order chi connectivity index (χ0) is 22.5. The van der Waals surface area contributed by atoms with Gasteiger partial charge in [0.25, 0.3) is 5.91 Å². The topological polar surface area (TPSA) is 77.8 Å². The first-order valence-electron chi connectivity index (χ1n) is 10.0. The van der Waals surface area contributed by atoms with E-state index in [4.69, 9.17) is 13.9 Å². The summed E-state index contributed by atoms with van der Waals surface area (Å²) in [6, 6.07) is 21.6. The van der Waals surface area contributed by atoms with E-state index in [1.807, 2.05) is 36.4 Å². The van der Waals surface area contributed by atoms with E-state index in [-0.39, 0.29) is 24.1 Å². The summed E-state index contributed by atoms with van der Waals surface area (Å²) in [6.07, 6.45) is 0.201. The third-order valence-corrected chi connectivity index (χ3v) is 5.26. The minimum Gasteiger partial charge on any atom is -0.466 e. The molecule has 0 bridgehead atoms. The molecular weight excluding hydrogens is 474 g/mol. The molecule has 0 unspecified atom stereocenters. The number of hydrogen-bond acceptors (Lipinski definition) is 5. The maximum absolute atomic E-state index is 12.5. The van der Waals surface area contributed by atoms with E-state index in [2.05, 4.69) is 21.2 Å². The fourth-order valence-corrected chi connectivity index (χ4v) is 3.64. The van der Waals surface area contributed by atoms with E-state index in [1.165, 1.54) is 0 Å². The van der Waals surface area contributed by atoms with Gasteiger partial charge in [0.05, 0.1) is 17.5 Å². The van der Waals surface area contributed by atoms with Gasteiger partial charge in [0, 0.05) is 11.1 Å². The van der Waals surface area contributed by atoms with E-state index in [0.717, 1.165) is 15.4 Å². The second-order valence-electron chi connectivity index (χ2n) is 6.98. The van der Waals surface area contributed by atoms with Gasteiger partial charge in [0.1, 0.15) is 17.1 Å². The number of hydrogen-bond donors (Lipinski definition) is 1. The van der Waals surface area contributed by atoms with Gasteiger partial charge in [-0.25, -0.2) is 0 Å². The van der Waals surface area contributed by atoms with Gasteiger partial charge in [-0.3, -0.25) is 9.59 Å². The van der Waals surface area contributed by atoms with Crippen LogP contribution in [0.4, 0.5) is 5.69 Å². The van der Waals surface area contributed by atoms with Gasteiger partial charge in [-0.2, -0.15) is 0 Å².